The number of nitrogens with zero attached hydrogens (tertiary/aromatic N) is 2. The van der Waals surface area contributed by atoms with Crippen molar-refractivity contribution in [1.29, 1.82) is 0 Å². The van der Waals surface area contributed by atoms with E-state index in [1.54, 1.807) is 12.1 Å². The lowest BCUT2D eigenvalue weighted by Crippen LogP contribution is -2.50. The zero-order valence-electron chi connectivity index (χ0n) is 12.6. The Balaban J connectivity index is 1.74. The van der Waals surface area contributed by atoms with Gasteiger partial charge in [0.15, 0.2) is 0 Å². The van der Waals surface area contributed by atoms with Crippen LogP contribution in [-0.2, 0) is 0 Å². The minimum atomic E-state index is -0.0227. The Hall–Kier alpha value is -1.26. The summed E-state index contributed by atoms with van der Waals surface area (Å²) in [5.74, 6) is 0. The number of unbranched alkanes of at least 4 members (excludes halogenated alkanes) is 2. The van der Waals surface area contributed by atoms with Crippen molar-refractivity contribution in [1.82, 2.24) is 9.80 Å². The summed E-state index contributed by atoms with van der Waals surface area (Å²) >= 11 is 5.84. The first-order chi connectivity index (χ1) is 10.2. The zero-order valence-corrected chi connectivity index (χ0v) is 13.4. The molecule has 0 unspecified atom stereocenters. The Morgan fingerprint density at radius 1 is 1.14 bits per heavy atom. The van der Waals surface area contributed by atoms with E-state index in [9.17, 15) is 4.79 Å². The predicted octanol–water partition coefficient (Wildman–Crippen LogP) is 3.68. The number of anilines is 1. The van der Waals surface area contributed by atoms with Crippen LogP contribution in [0, 0.1) is 0 Å². The molecule has 5 heteroatoms. The van der Waals surface area contributed by atoms with E-state index in [0.29, 0.717) is 5.02 Å². The Labute approximate surface area is 132 Å². The SMILES string of the molecule is CCCCCN1CCN(C(=O)Nc2ccc(Cl)cc2)CC1. The van der Waals surface area contributed by atoms with Gasteiger partial charge in [0.2, 0.25) is 0 Å². The fraction of sp³-hybridized carbons (Fsp3) is 0.562. The van der Waals surface area contributed by atoms with E-state index < -0.39 is 0 Å². The van der Waals surface area contributed by atoms with E-state index in [1.165, 1.54) is 19.3 Å². The van der Waals surface area contributed by atoms with Crippen LogP contribution in [0.25, 0.3) is 0 Å². The number of rotatable bonds is 5. The van der Waals surface area contributed by atoms with Gasteiger partial charge in [0.05, 0.1) is 0 Å². The number of urea groups is 1. The van der Waals surface area contributed by atoms with Crippen molar-refractivity contribution in [3.05, 3.63) is 29.3 Å². The molecule has 1 heterocycles. The molecule has 2 amide bonds. The molecule has 2 rings (SSSR count). The number of hydrogen-bond donors (Lipinski definition) is 1. The molecule has 116 valence electrons. The number of amides is 2. The standard InChI is InChI=1S/C16H24ClN3O/c1-2-3-4-9-19-10-12-20(13-11-19)16(21)18-15-7-5-14(17)6-8-15/h5-8H,2-4,9-13H2,1H3,(H,18,21). The maximum absolute atomic E-state index is 12.2. The van der Waals surface area contributed by atoms with E-state index in [4.69, 9.17) is 11.6 Å². The minimum absolute atomic E-state index is 0.0227. The maximum Gasteiger partial charge on any atom is 0.321 e. The van der Waals surface area contributed by atoms with Crippen molar-refractivity contribution in [2.75, 3.05) is 38.0 Å². The zero-order chi connectivity index (χ0) is 15.1. The molecule has 1 aliphatic heterocycles. The highest BCUT2D eigenvalue weighted by molar-refractivity contribution is 6.30. The average Bonchev–Trinajstić information content (AvgIpc) is 2.50. The number of halogens is 1. The van der Waals surface area contributed by atoms with Gasteiger partial charge >= 0.3 is 6.03 Å². The second-order valence-corrected chi connectivity index (χ2v) is 5.91. The smallest absolute Gasteiger partial charge is 0.321 e. The molecule has 4 nitrogen and oxygen atoms in total. The molecule has 0 aliphatic carbocycles. The normalized spacial score (nSPS) is 16.0. The van der Waals surface area contributed by atoms with E-state index in [0.717, 1.165) is 38.4 Å². The second-order valence-electron chi connectivity index (χ2n) is 5.47. The lowest BCUT2D eigenvalue weighted by atomic mass is 10.2. The van der Waals surface area contributed by atoms with Crippen molar-refractivity contribution in [3.63, 3.8) is 0 Å². The summed E-state index contributed by atoms with van der Waals surface area (Å²) in [7, 11) is 0. The molecule has 0 aromatic heterocycles. The third-order valence-corrected chi connectivity index (χ3v) is 4.08. The van der Waals surface area contributed by atoms with Crippen LogP contribution >= 0.6 is 11.6 Å². The van der Waals surface area contributed by atoms with Gasteiger partial charge < -0.3 is 10.2 Å². The van der Waals surface area contributed by atoms with Gasteiger partial charge in [-0.2, -0.15) is 0 Å². The largest absolute Gasteiger partial charge is 0.322 e. The van der Waals surface area contributed by atoms with Gasteiger partial charge in [0, 0.05) is 36.9 Å². The monoisotopic (exact) mass is 309 g/mol. The van der Waals surface area contributed by atoms with E-state index >= 15 is 0 Å². The number of carbonyl (C=O) groups excluding carboxylic acids is 1. The highest BCUT2D eigenvalue weighted by Gasteiger charge is 2.20. The molecule has 21 heavy (non-hydrogen) atoms. The Morgan fingerprint density at radius 2 is 1.81 bits per heavy atom. The summed E-state index contributed by atoms with van der Waals surface area (Å²) in [4.78, 5) is 16.5. The molecule has 0 radical (unpaired) electrons. The van der Waals surface area contributed by atoms with Gasteiger partial charge in [-0.05, 0) is 37.2 Å². The Bertz CT molecular complexity index is 441. The third-order valence-electron chi connectivity index (χ3n) is 3.83. The van der Waals surface area contributed by atoms with Crippen LogP contribution < -0.4 is 5.32 Å². The second kappa shape index (κ2) is 8.25. The lowest BCUT2D eigenvalue weighted by Gasteiger charge is -2.34. The van der Waals surface area contributed by atoms with Crippen LogP contribution in [0.15, 0.2) is 24.3 Å². The molecule has 1 aliphatic rings. The van der Waals surface area contributed by atoms with Crippen LogP contribution in [0.2, 0.25) is 5.02 Å². The molecule has 0 atom stereocenters. The first-order valence-corrected chi connectivity index (χ1v) is 8.10. The summed E-state index contributed by atoms with van der Waals surface area (Å²) in [5, 5.41) is 3.59. The van der Waals surface area contributed by atoms with Gasteiger partial charge in [-0.1, -0.05) is 31.4 Å². The van der Waals surface area contributed by atoms with E-state index in [-0.39, 0.29) is 6.03 Å². The Kier molecular flexibility index (Phi) is 6.33. The molecule has 1 N–H and O–H groups in total. The molecule has 1 saturated heterocycles. The number of benzene rings is 1. The van der Waals surface area contributed by atoms with Crippen molar-refractivity contribution in [2.45, 2.75) is 26.2 Å². The number of hydrogen-bond acceptors (Lipinski definition) is 2. The number of piperazine rings is 1. The molecule has 1 aromatic rings. The molecule has 1 aromatic carbocycles. The summed E-state index contributed by atoms with van der Waals surface area (Å²) in [6.45, 7) is 6.91. The minimum Gasteiger partial charge on any atom is -0.322 e. The first-order valence-electron chi connectivity index (χ1n) is 7.73. The van der Waals surface area contributed by atoms with Gasteiger partial charge in [0.1, 0.15) is 0 Å². The van der Waals surface area contributed by atoms with Crippen LogP contribution in [0.5, 0.6) is 0 Å². The predicted molar refractivity (Wildman–Crippen MR) is 88.0 cm³/mol. The van der Waals surface area contributed by atoms with Crippen LogP contribution in [0.1, 0.15) is 26.2 Å². The van der Waals surface area contributed by atoms with Crippen LogP contribution in [0.3, 0.4) is 0 Å². The molecular formula is C16H24ClN3O. The first kappa shape index (κ1) is 16.1. The third kappa shape index (κ3) is 5.21. The van der Waals surface area contributed by atoms with Crippen LogP contribution in [0.4, 0.5) is 10.5 Å². The highest BCUT2D eigenvalue weighted by Crippen LogP contribution is 2.14. The van der Waals surface area contributed by atoms with Crippen LogP contribution in [-0.4, -0.2) is 48.6 Å². The van der Waals surface area contributed by atoms with Gasteiger partial charge in [0.25, 0.3) is 0 Å². The number of carbonyl (C=O) groups is 1. The molecule has 0 spiro atoms. The summed E-state index contributed by atoms with van der Waals surface area (Å²) in [6.07, 6.45) is 3.80. The van der Waals surface area contributed by atoms with Gasteiger partial charge in [-0.3, -0.25) is 4.90 Å². The van der Waals surface area contributed by atoms with Crippen molar-refractivity contribution < 1.29 is 4.79 Å². The molecule has 0 saturated carbocycles. The van der Waals surface area contributed by atoms with Gasteiger partial charge in [-0.15, -0.1) is 0 Å². The molecular weight excluding hydrogens is 286 g/mol. The quantitative estimate of drug-likeness (QED) is 0.842. The summed E-state index contributed by atoms with van der Waals surface area (Å²) in [6, 6.07) is 7.18. The fourth-order valence-corrected chi connectivity index (χ4v) is 2.62. The topological polar surface area (TPSA) is 35.6 Å². The maximum atomic E-state index is 12.2. The molecule has 0 bridgehead atoms. The van der Waals surface area contributed by atoms with E-state index in [1.807, 2.05) is 17.0 Å². The average molecular weight is 310 g/mol. The van der Waals surface area contributed by atoms with Crippen molar-refractivity contribution in [3.8, 4) is 0 Å². The van der Waals surface area contributed by atoms with Gasteiger partial charge in [-0.25, -0.2) is 4.79 Å². The summed E-state index contributed by atoms with van der Waals surface area (Å²) < 4.78 is 0. The highest BCUT2D eigenvalue weighted by atomic mass is 35.5. The summed E-state index contributed by atoms with van der Waals surface area (Å²) in [5.41, 5.74) is 0.787. The number of nitrogens with one attached hydrogen (secondary N) is 1. The van der Waals surface area contributed by atoms with Crippen molar-refractivity contribution >= 4 is 23.3 Å². The lowest BCUT2D eigenvalue weighted by molar-refractivity contribution is 0.146. The molecule has 1 fully saturated rings. The Morgan fingerprint density at radius 3 is 2.43 bits per heavy atom. The fourth-order valence-electron chi connectivity index (χ4n) is 2.50. The van der Waals surface area contributed by atoms with E-state index in [2.05, 4.69) is 17.1 Å². The van der Waals surface area contributed by atoms with Crippen molar-refractivity contribution in [2.24, 2.45) is 0 Å².